The molecule has 0 aliphatic heterocycles. The van der Waals surface area contributed by atoms with E-state index in [9.17, 15) is 14.4 Å². The van der Waals surface area contributed by atoms with Gasteiger partial charge in [-0.1, -0.05) is 0 Å². The summed E-state index contributed by atoms with van der Waals surface area (Å²) in [5, 5.41) is 22.9. The van der Waals surface area contributed by atoms with E-state index >= 15 is 0 Å². The number of carboxylic acid groups (broad SMARTS) is 1. The smallest absolute Gasteiger partial charge is 0.326 e. The summed E-state index contributed by atoms with van der Waals surface area (Å²) >= 11 is 0. The van der Waals surface area contributed by atoms with Gasteiger partial charge >= 0.3 is 5.97 Å². The maximum atomic E-state index is 11.6. The number of ether oxygens (including phenoxy) is 1. The molecule has 0 aromatic rings. The van der Waals surface area contributed by atoms with Crippen molar-refractivity contribution in [3.8, 4) is 0 Å². The first-order valence-electron chi connectivity index (χ1n) is 7.90. The highest BCUT2D eigenvalue weighted by Crippen LogP contribution is 2.02. The third-order valence-electron chi connectivity index (χ3n) is 3.19. The fourth-order valence-corrected chi connectivity index (χ4v) is 1.93. The molecule has 2 amide bonds. The molecule has 0 aromatic heterocycles. The van der Waals surface area contributed by atoms with Crippen molar-refractivity contribution in [2.24, 2.45) is 0 Å². The van der Waals surface area contributed by atoms with Crippen LogP contribution in [0.2, 0.25) is 0 Å². The SMILES string of the molecule is COCCCC(=O)NC(CCCCNC(=O)CCCO)C(=O)O. The number of aliphatic hydroxyl groups excluding tert-OH is 1. The predicted molar refractivity (Wildman–Crippen MR) is 83.9 cm³/mol. The van der Waals surface area contributed by atoms with Gasteiger partial charge in [0.05, 0.1) is 0 Å². The van der Waals surface area contributed by atoms with E-state index in [0.717, 1.165) is 0 Å². The van der Waals surface area contributed by atoms with Crippen LogP contribution >= 0.6 is 0 Å². The molecule has 0 fully saturated rings. The van der Waals surface area contributed by atoms with E-state index in [1.807, 2.05) is 0 Å². The molecule has 0 aliphatic rings. The van der Waals surface area contributed by atoms with Gasteiger partial charge in [0.2, 0.25) is 11.8 Å². The Labute approximate surface area is 136 Å². The van der Waals surface area contributed by atoms with Crippen LogP contribution < -0.4 is 10.6 Å². The Kier molecular flexibility index (Phi) is 12.9. The van der Waals surface area contributed by atoms with Crippen molar-refractivity contribution in [2.75, 3.05) is 26.9 Å². The van der Waals surface area contributed by atoms with Crippen molar-refractivity contribution in [2.45, 2.75) is 51.0 Å². The first kappa shape index (κ1) is 21.3. The second kappa shape index (κ2) is 14.0. The minimum atomic E-state index is -1.06. The zero-order valence-corrected chi connectivity index (χ0v) is 13.7. The molecule has 0 spiro atoms. The van der Waals surface area contributed by atoms with Crippen LogP contribution in [0.5, 0.6) is 0 Å². The lowest BCUT2D eigenvalue weighted by molar-refractivity contribution is -0.142. The number of hydrogen-bond acceptors (Lipinski definition) is 5. The monoisotopic (exact) mass is 332 g/mol. The van der Waals surface area contributed by atoms with Crippen molar-refractivity contribution < 1.29 is 29.3 Å². The Balaban J connectivity index is 3.86. The fraction of sp³-hybridized carbons (Fsp3) is 0.800. The van der Waals surface area contributed by atoms with Gasteiger partial charge in [0.1, 0.15) is 6.04 Å². The number of amides is 2. The van der Waals surface area contributed by atoms with Crippen LogP contribution in [0.3, 0.4) is 0 Å². The maximum Gasteiger partial charge on any atom is 0.326 e. The molecule has 0 saturated carbocycles. The Bertz CT molecular complexity index is 362. The minimum absolute atomic E-state index is 0.0161. The zero-order chi connectivity index (χ0) is 17.5. The maximum absolute atomic E-state index is 11.6. The number of methoxy groups -OCH3 is 1. The van der Waals surface area contributed by atoms with Gasteiger partial charge < -0.3 is 25.6 Å². The fourth-order valence-electron chi connectivity index (χ4n) is 1.93. The molecule has 0 aromatic carbocycles. The molecule has 0 bridgehead atoms. The van der Waals surface area contributed by atoms with Crippen molar-refractivity contribution >= 4 is 17.8 Å². The van der Waals surface area contributed by atoms with Crippen molar-refractivity contribution in [3.05, 3.63) is 0 Å². The molecule has 4 N–H and O–H groups in total. The van der Waals surface area contributed by atoms with Crippen molar-refractivity contribution in [1.29, 1.82) is 0 Å². The van der Waals surface area contributed by atoms with Crippen LogP contribution in [-0.2, 0) is 19.1 Å². The predicted octanol–water partition coefficient (Wildman–Crippen LogP) is 0.0414. The molecule has 8 heteroatoms. The topological polar surface area (TPSA) is 125 Å². The number of aliphatic hydroxyl groups is 1. The molecule has 1 atom stereocenters. The number of carbonyl (C=O) groups is 3. The summed E-state index contributed by atoms with van der Waals surface area (Å²) < 4.78 is 4.84. The average Bonchev–Trinajstić information content (AvgIpc) is 2.51. The van der Waals surface area contributed by atoms with Gasteiger partial charge in [-0.3, -0.25) is 9.59 Å². The molecule has 0 aliphatic carbocycles. The van der Waals surface area contributed by atoms with Gasteiger partial charge in [-0.05, 0) is 32.1 Å². The summed E-state index contributed by atoms with van der Waals surface area (Å²) in [7, 11) is 1.54. The average molecular weight is 332 g/mol. The summed E-state index contributed by atoms with van der Waals surface area (Å²) in [4.78, 5) is 34.0. The second-order valence-electron chi connectivity index (χ2n) is 5.23. The van der Waals surface area contributed by atoms with Crippen LogP contribution in [0.15, 0.2) is 0 Å². The molecular formula is C15H28N2O6. The molecule has 0 rings (SSSR count). The summed E-state index contributed by atoms with van der Waals surface area (Å²) in [6.07, 6.45) is 3.03. The van der Waals surface area contributed by atoms with Crippen LogP contribution in [-0.4, -0.2) is 60.9 Å². The summed E-state index contributed by atoms with van der Waals surface area (Å²) in [6.45, 7) is 0.900. The van der Waals surface area contributed by atoms with E-state index in [-0.39, 0.29) is 31.3 Å². The molecule has 0 heterocycles. The Hall–Kier alpha value is -1.67. The van der Waals surface area contributed by atoms with Crippen LogP contribution in [0.1, 0.15) is 44.9 Å². The number of hydrogen-bond donors (Lipinski definition) is 4. The van der Waals surface area contributed by atoms with Gasteiger partial charge in [0.15, 0.2) is 0 Å². The van der Waals surface area contributed by atoms with E-state index in [0.29, 0.717) is 45.3 Å². The summed E-state index contributed by atoms with van der Waals surface area (Å²) in [6, 6.07) is -0.907. The molecule has 8 nitrogen and oxygen atoms in total. The number of rotatable bonds is 14. The van der Waals surface area contributed by atoms with Crippen molar-refractivity contribution in [3.63, 3.8) is 0 Å². The van der Waals surface area contributed by atoms with Gasteiger partial charge in [0.25, 0.3) is 0 Å². The molecule has 1 unspecified atom stereocenters. The van der Waals surface area contributed by atoms with E-state index in [4.69, 9.17) is 14.9 Å². The first-order chi connectivity index (χ1) is 11.0. The first-order valence-corrected chi connectivity index (χ1v) is 7.90. The Morgan fingerprint density at radius 2 is 1.74 bits per heavy atom. The molecule has 0 radical (unpaired) electrons. The van der Waals surface area contributed by atoms with Crippen LogP contribution in [0, 0.1) is 0 Å². The van der Waals surface area contributed by atoms with E-state index in [2.05, 4.69) is 10.6 Å². The molecule has 0 saturated heterocycles. The van der Waals surface area contributed by atoms with Gasteiger partial charge in [-0.2, -0.15) is 0 Å². The quantitative estimate of drug-likeness (QED) is 0.333. The molecule has 23 heavy (non-hydrogen) atoms. The number of aliphatic carboxylic acids is 1. The van der Waals surface area contributed by atoms with E-state index in [1.54, 1.807) is 7.11 Å². The zero-order valence-electron chi connectivity index (χ0n) is 13.7. The third-order valence-corrected chi connectivity index (χ3v) is 3.19. The lowest BCUT2D eigenvalue weighted by Gasteiger charge is -2.14. The number of unbranched alkanes of at least 4 members (excludes halogenated alkanes) is 1. The highest BCUT2D eigenvalue weighted by atomic mass is 16.5. The molecule has 134 valence electrons. The van der Waals surface area contributed by atoms with E-state index < -0.39 is 12.0 Å². The van der Waals surface area contributed by atoms with Gasteiger partial charge in [-0.15, -0.1) is 0 Å². The van der Waals surface area contributed by atoms with Crippen LogP contribution in [0.25, 0.3) is 0 Å². The third kappa shape index (κ3) is 12.5. The second-order valence-corrected chi connectivity index (χ2v) is 5.23. The summed E-state index contributed by atoms with van der Waals surface area (Å²) in [5.41, 5.74) is 0. The highest BCUT2D eigenvalue weighted by Gasteiger charge is 2.19. The minimum Gasteiger partial charge on any atom is -0.480 e. The summed E-state index contributed by atoms with van der Waals surface area (Å²) in [5.74, 6) is -1.48. The van der Waals surface area contributed by atoms with Crippen LogP contribution in [0.4, 0.5) is 0 Å². The number of carboxylic acids is 1. The highest BCUT2D eigenvalue weighted by molar-refractivity contribution is 5.83. The lowest BCUT2D eigenvalue weighted by Crippen LogP contribution is -2.40. The number of nitrogens with one attached hydrogen (secondary N) is 2. The normalized spacial score (nSPS) is 11.7. The lowest BCUT2D eigenvalue weighted by atomic mass is 10.1. The standard InChI is InChI=1S/C15H28N2O6/c1-23-11-5-8-14(20)17-12(15(21)22)6-2-3-9-16-13(19)7-4-10-18/h12,18H,2-11H2,1H3,(H,16,19)(H,17,20)(H,21,22). The molecular weight excluding hydrogens is 304 g/mol. The van der Waals surface area contributed by atoms with Gasteiger partial charge in [0, 0.05) is 39.7 Å². The van der Waals surface area contributed by atoms with E-state index in [1.165, 1.54) is 0 Å². The number of carbonyl (C=O) groups excluding carboxylic acids is 2. The Morgan fingerprint density at radius 1 is 1.04 bits per heavy atom. The largest absolute Gasteiger partial charge is 0.480 e. The Morgan fingerprint density at radius 3 is 2.35 bits per heavy atom. The van der Waals surface area contributed by atoms with Crippen molar-refractivity contribution in [1.82, 2.24) is 10.6 Å². The van der Waals surface area contributed by atoms with Gasteiger partial charge in [-0.25, -0.2) is 4.79 Å².